The van der Waals surface area contributed by atoms with Gasteiger partial charge in [0.05, 0.1) is 32.5 Å². The molecule has 0 saturated heterocycles. The van der Waals surface area contributed by atoms with Crippen molar-refractivity contribution in [2.24, 2.45) is 0 Å². The van der Waals surface area contributed by atoms with Crippen LogP contribution < -0.4 is 18.9 Å². The van der Waals surface area contributed by atoms with Gasteiger partial charge < -0.3 is 18.9 Å². The molecule has 0 amide bonds. The van der Waals surface area contributed by atoms with Crippen molar-refractivity contribution in [3.8, 4) is 23.0 Å². The van der Waals surface area contributed by atoms with Crippen LogP contribution in [0, 0.1) is 5.82 Å². The highest BCUT2D eigenvalue weighted by Gasteiger charge is 2.16. The minimum absolute atomic E-state index is 0.126. The maximum atomic E-state index is 13.8. The van der Waals surface area contributed by atoms with Crippen molar-refractivity contribution >= 4 is 17.8 Å². The Kier molecular flexibility index (Phi) is 7.23. The van der Waals surface area contributed by atoms with Crippen LogP contribution in [-0.4, -0.2) is 33.1 Å². The third-order valence-electron chi connectivity index (χ3n) is 4.59. The van der Waals surface area contributed by atoms with Gasteiger partial charge in [0, 0.05) is 6.07 Å². The number of ether oxygens (including phenoxy) is 4. The number of ketones is 1. The van der Waals surface area contributed by atoms with Crippen LogP contribution in [0.3, 0.4) is 0 Å². The number of esters is 1. The first-order valence-electron chi connectivity index (χ1n) is 9.56. The molecule has 0 radical (unpaired) electrons. The van der Waals surface area contributed by atoms with Crippen LogP contribution in [0.25, 0.3) is 6.08 Å². The molecule has 0 aliphatic rings. The quantitative estimate of drug-likeness (QED) is 0.215. The SMILES string of the molecule is COc1ccc(C(=O)C=Cc2ccc(OC(=O)c3ccccc3F)c(OC)c2)c(OC)c1. The summed E-state index contributed by atoms with van der Waals surface area (Å²) >= 11 is 0. The molecule has 0 aromatic heterocycles. The Hall–Kier alpha value is -4.13. The Bertz CT molecular complexity index is 1170. The number of methoxy groups -OCH3 is 3. The molecule has 164 valence electrons. The zero-order valence-corrected chi connectivity index (χ0v) is 17.8. The van der Waals surface area contributed by atoms with E-state index in [-0.39, 0.29) is 22.8 Å². The molecule has 0 saturated carbocycles. The molecule has 0 fully saturated rings. The number of halogens is 1. The van der Waals surface area contributed by atoms with E-state index in [2.05, 4.69) is 0 Å². The van der Waals surface area contributed by atoms with Crippen molar-refractivity contribution < 1.29 is 32.9 Å². The Morgan fingerprint density at radius 1 is 0.781 bits per heavy atom. The predicted molar refractivity (Wildman–Crippen MR) is 117 cm³/mol. The van der Waals surface area contributed by atoms with Crippen molar-refractivity contribution in [2.45, 2.75) is 0 Å². The van der Waals surface area contributed by atoms with Crippen molar-refractivity contribution in [3.05, 3.63) is 89.2 Å². The molecule has 0 aliphatic heterocycles. The van der Waals surface area contributed by atoms with Gasteiger partial charge in [0.2, 0.25) is 0 Å². The number of rotatable bonds is 8. The van der Waals surface area contributed by atoms with Crippen molar-refractivity contribution in [1.82, 2.24) is 0 Å². The topological polar surface area (TPSA) is 71.1 Å². The monoisotopic (exact) mass is 436 g/mol. The van der Waals surface area contributed by atoms with Gasteiger partial charge in [-0.15, -0.1) is 0 Å². The molecule has 0 spiro atoms. The molecule has 3 aromatic rings. The minimum atomic E-state index is -0.841. The lowest BCUT2D eigenvalue weighted by atomic mass is 10.1. The van der Waals surface area contributed by atoms with Crippen LogP contribution in [0.15, 0.2) is 66.7 Å². The second-order valence-electron chi connectivity index (χ2n) is 6.54. The van der Waals surface area contributed by atoms with Crippen molar-refractivity contribution in [1.29, 1.82) is 0 Å². The van der Waals surface area contributed by atoms with E-state index >= 15 is 0 Å². The third kappa shape index (κ3) is 5.13. The smallest absolute Gasteiger partial charge is 0.346 e. The van der Waals surface area contributed by atoms with E-state index in [4.69, 9.17) is 18.9 Å². The Morgan fingerprint density at radius 2 is 1.53 bits per heavy atom. The summed E-state index contributed by atoms with van der Waals surface area (Å²) in [5, 5.41) is 0. The van der Waals surface area contributed by atoms with E-state index in [1.807, 2.05) is 0 Å². The second-order valence-corrected chi connectivity index (χ2v) is 6.54. The molecule has 3 aromatic carbocycles. The van der Waals surface area contributed by atoms with E-state index in [0.29, 0.717) is 22.6 Å². The summed E-state index contributed by atoms with van der Waals surface area (Å²) in [6.07, 6.45) is 2.99. The largest absolute Gasteiger partial charge is 0.497 e. The summed E-state index contributed by atoms with van der Waals surface area (Å²) in [4.78, 5) is 24.9. The average Bonchev–Trinajstić information content (AvgIpc) is 2.82. The predicted octanol–water partition coefficient (Wildman–Crippen LogP) is 4.97. The summed E-state index contributed by atoms with van der Waals surface area (Å²) in [6.45, 7) is 0. The molecule has 0 unspecified atom stereocenters. The molecule has 6 nitrogen and oxygen atoms in total. The fraction of sp³-hybridized carbons (Fsp3) is 0.120. The molecular formula is C25H21FO6. The lowest BCUT2D eigenvalue weighted by Crippen LogP contribution is -2.11. The van der Waals surface area contributed by atoms with Gasteiger partial charge in [0.25, 0.3) is 0 Å². The first-order chi connectivity index (χ1) is 15.5. The zero-order valence-electron chi connectivity index (χ0n) is 17.8. The summed E-state index contributed by atoms with van der Waals surface area (Å²) in [6, 6.07) is 15.2. The van der Waals surface area contributed by atoms with Crippen molar-refractivity contribution in [3.63, 3.8) is 0 Å². The minimum Gasteiger partial charge on any atom is -0.497 e. The van der Waals surface area contributed by atoms with E-state index in [1.54, 1.807) is 42.5 Å². The highest BCUT2D eigenvalue weighted by molar-refractivity contribution is 6.08. The van der Waals surface area contributed by atoms with Gasteiger partial charge in [-0.2, -0.15) is 0 Å². The average molecular weight is 436 g/mol. The first-order valence-corrected chi connectivity index (χ1v) is 9.56. The normalized spacial score (nSPS) is 10.6. The third-order valence-corrected chi connectivity index (χ3v) is 4.59. The van der Waals surface area contributed by atoms with E-state index in [0.717, 1.165) is 0 Å². The molecule has 0 heterocycles. The second kappa shape index (κ2) is 10.3. The van der Waals surface area contributed by atoms with Gasteiger partial charge in [-0.3, -0.25) is 4.79 Å². The van der Waals surface area contributed by atoms with Crippen LogP contribution in [-0.2, 0) is 0 Å². The molecular weight excluding hydrogens is 415 g/mol. The van der Waals surface area contributed by atoms with Gasteiger partial charge in [0.15, 0.2) is 17.3 Å². The molecule has 3 rings (SSSR count). The van der Waals surface area contributed by atoms with E-state index in [9.17, 15) is 14.0 Å². The highest BCUT2D eigenvalue weighted by atomic mass is 19.1. The van der Waals surface area contributed by atoms with E-state index < -0.39 is 11.8 Å². The molecule has 0 aliphatic carbocycles. The Balaban J connectivity index is 1.79. The van der Waals surface area contributed by atoms with Gasteiger partial charge in [0.1, 0.15) is 17.3 Å². The lowest BCUT2D eigenvalue weighted by molar-refractivity contribution is 0.0724. The fourth-order valence-corrected chi connectivity index (χ4v) is 2.92. The number of hydrogen-bond acceptors (Lipinski definition) is 6. The fourth-order valence-electron chi connectivity index (χ4n) is 2.92. The van der Waals surface area contributed by atoms with E-state index in [1.165, 1.54) is 51.7 Å². The summed E-state index contributed by atoms with van der Waals surface area (Å²) < 4.78 is 34.8. The standard InChI is InChI=1S/C25H21FO6/c1-29-17-10-11-19(23(15-17)30-2)21(27)12-8-16-9-13-22(24(14-16)31-3)32-25(28)18-6-4-5-7-20(18)26/h4-15H,1-3H3. The van der Waals surface area contributed by atoms with Gasteiger partial charge in [-0.05, 0) is 48.0 Å². The summed E-state index contributed by atoms with van der Waals surface area (Å²) in [7, 11) is 4.42. The number of carbonyl (C=O) groups is 2. The number of carbonyl (C=O) groups excluding carboxylic acids is 2. The van der Waals surface area contributed by atoms with Crippen LogP contribution in [0.4, 0.5) is 4.39 Å². The Labute approximate surface area is 184 Å². The molecule has 32 heavy (non-hydrogen) atoms. The van der Waals surface area contributed by atoms with Gasteiger partial charge in [-0.1, -0.05) is 24.3 Å². The van der Waals surface area contributed by atoms with Crippen LogP contribution in [0.1, 0.15) is 26.3 Å². The number of allylic oxidation sites excluding steroid dienone is 1. The zero-order chi connectivity index (χ0) is 23.1. The summed E-state index contributed by atoms with van der Waals surface area (Å²) in [5.41, 5.74) is 0.831. The number of benzene rings is 3. The van der Waals surface area contributed by atoms with Crippen molar-refractivity contribution in [2.75, 3.05) is 21.3 Å². The van der Waals surface area contributed by atoms with Crippen LogP contribution in [0.5, 0.6) is 23.0 Å². The van der Waals surface area contributed by atoms with Crippen LogP contribution in [0.2, 0.25) is 0 Å². The molecule has 7 heteroatoms. The van der Waals surface area contributed by atoms with Gasteiger partial charge in [-0.25, -0.2) is 9.18 Å². The highest BCUT2D eigenvalue weighted by Crippen LogP contribution is 2.30. The van der Waals surface area contributed by atoms with Crippen LogP contribution >= 0.6 is 0 Å². The lowest BCUT2D eigenvalue weighted by Gasteiger charge is -2.10. The molecule has 0 N–H and O–H groups in total. The summed E-state index contributed by atoms with van der Waals surface area (Å²) in [5.74, 6) is -0.430. The first kappa shape index (κ1) is 22.6. The maximum Gasteiger partial charge on any atom is 0.346 e. The van der Waals surface area contributed by atoms with Gasteiger partial charge >= 0.3 is 5.97 Å². The maximum absolute atomic E-state index is 13.8. The number of hydrogen-bond donors (Lipinski definition) is 0. The molecule has 0 atom stereocenters. The molecule has 0 bridgehead atoms. The Morgan fingerprint density at radius 3 is 2.22 bits per heavy atom.